The lowest BCUT2D eigenvalue weighted by molar-refractivity contribution is -0.142. The Morgan fingerprint density at radius 3 is 2.47 bits per heavy atom. The Labute approximate surface area is 201 Å². The zero-order valence-electron chi connectivity index (χ0n) is 19.0. The van der Waals surface area contributed by atoms with Gasteiger partial charge >= 0.3 is 12.2 Å². The summed E-state index contributed by atoms with van der Waals surface area (Å²) < 4.78 is 44.2. The predicted octanol–water partition coefficient (Wildman–Crippen LogP) is 5.76. The van der Waals surface area contributed by atoms with Gasteiger partial charge in [-0.3, -0.25) is 4.79 Å². The normalized spacial score (nSPS) is 12.8. The van der Waals surface area contributed by atoms with Crippen molar-refractivity contribution in [1.82, 2.24) is 15.3 Å². The summed E-state index contributed by atoms with van der Waals surface area (Å²) in [6, 6.07) is 15.7. The topological polar surface area (TPSA) is 64.1 Å². The van der Waals surface area contributed by atoms with E-state index in [0.29, 0.717) is 18.0 Å². The molecule has 1 aromatic heterocycles. The molecule has 0 aliphatic heterocycles. The van der Waals surface area contributed by atoms with Crippen LogP contribution < -0.4 is 10.1 Å². The van der Waals surface area contributed by atoms with Crippen LogP contribution in [0.4, 0.5) is 13.2 Å². The van der Waals surface area contributed by atoms with E-state index in [1.54, 1.807) is 0 Å². The Bertz CT molecular complexity index is 1130. The number of carbonyl (C=O) groups is 1. The molecular weight excluding hydrogens is 467 g/mol. The van der Waals surface area contributed by atoms with Crippen molar-refractivity contribution in [2.24, 2.45) is 0 Å². The number of carbonyl (C=O) groups excluding carboxylic acids is 1. The van der Waals surface area contributed by atoms with Gasteiger partial charge in [0.2, 0.25) is 0 Å². The Balaban J connectivity index is 1.73. The van der Waals surface area contributed by atoms with Gasteiger partial charge in [-0.1, -0.05) is 53.6 Å². The number of aryl methyl sites for hydroxylation is 1. The summed E-state index contributed by atoms with van der Waals surface area (Å²) in [7, 11) is 0. The molecule has 1 heterocycles. The highest BCUT2D eigenvalue weighted by atomic mass is 35.5. The van der Waals surface area contributed by atoms with Crippen LogP contribution >= 0.6 is 11.6 Å². The lowest BCUT2D eigenvalue weighted by Gasteiger charge is -2.26. The maximum Gasteiger partial charge on any atom is 0.433 e. The third kappa shape index (κ3) is 6.93. The molecule has 180 valence electrons. The fourth-order valence-electron chi connectivity index (χ4n) is 3.39. The van der Waals surface area contributed by atoms with Crippen LogP contribution in [0.25, 0.3) is 0 Å². The van der Waals surface area contributed by atoms with E-state index in [1.165, 1.54) is 13.8 Å². The molecular formula is C25H25ClF3N3O2. The minimum absolute atomic E-state index is 0.0503. The van der Waals surface area contributed by atoms with Crippen LogP contribution in [0.15, 0.2) is 60.8 Å². The second-order valence-electron chi connectivity index (χ2n) is 8.49. The van der Waals surface area contributed by atoms with E-state index >= 15 is 0 Å². The van der Waals surface area contributed by atoms with Crippen molar-refractivity contribution in [3.63, 3.8) is 0 Å². The van der Waals surface area contributed by atoms with Crippen LogP contribution in [-0.2, 0) is 17.4 Å². The van der Waals surface area contributed by atoms with Crippen LogP contribution in [0.5, 0.6) is 6.01 Å². The number of rotatable bonds is 8. The average Bonchev–Trinajstić information content (AvgIpc) is 2.77. The number of nitrogens with zero attached hydrogens (tertiary/aromatic N) is 2. The highest BCUT2D eigenvalue weighted by Crippen LogP contribution is 2.29. The van der Waals surface area contributed by atoms with Gasteiger partial charge in [-0.2, -0.15) is 18.2 Å². The smallest absolute Gasteiger partial charge is 0.433 e. The molecule has 0 saturated carbocycles. The molecule has 1 amide bonds. The van der Waals surface area contributed by atoms with Gasteiger partial charge < -0.3 is 10.1 Å². The first-order valence-electron chi connectivity index (χ1n) is 10.6. The first-order chi connectivity index (χ1) is 15.9. The minimum atomic E-state index is -4.64. The second-order valence-corrected chi connectivity index (χ2v) is 8.92. The number of halogens is 4. The third-order valence-electron chi connectivity index (χ3n) is 5.24. The maximum absolute atomic E-state index is 12.9. The highest BCUT2D eigenvalue weighted by Gasteiger charge is 2.35. The number of aromatic nitrogens is 2. The van der Waals surface area contributed by atoms with Crippen LogP contribution in [0.2, 0.25) is 5.02 Å². The standard InChI is InChI=1S/C25H25ClF3N3O2/c1-16-5-4-6-18(13-16)19(14-17-7-9-20(26)10-8-17)15-31-22(33)24(2,3)34-23-30-12-11-21(32-23)25(27,28)29/h4-13,19H,14-15H2,1-3H3,(H,31,33)/t19-/m1/s1. The summed E-state index contributed by atoms with van der Waals surface area (Å²) in [5.41, 5.74) is 0.557. The molecule has 1 N–H and O–H groups in total. The van der Waals surface area contributed by atoms with E-state index in [9.17, 15) is 18.0 Å². The van der Waals surface area contributed by atoms with E-state index in [4.69, 9.17) is 16.3 Å². The number of alkyl halides is 3. The number of hydrogen-bond donors (Lipinski definition) is 1. The zero-order chi connectivity index (χ0) is 24.9. The molecule has 5 nitrogen and oxygen atoms in total. The summed E-state index contributed by atoms with van der Waals surface area (Å²) in [5.74, 6) is -0.548. The van der Waals surface area contributed by atoms with Gasteiger partial charge in [-0.15, -0.1) is 0 Å². The molecule has 9 heteroatoms. The monoisotopic (exact) mass is 491 g/mol. The summed E-state index contributed by atoms with van der Waals surface area (Å²) in [4.78, 5) is 20.0. The summed E-state index contributed by atoms with van der Waals surface area (Å²) in [6.45, 7) is 5.19. The summed E-state index contributed by atoms with van der Waals surface area (Å²) >= 11 is 6.00. The van der Waals surface area contributed by atoms with E-state index in [1.807, 2.05) is 49.4 Å². The van der Waals surface area contributed by atoms with Gasteiger partial charge in [0.1, 0.15) is 0 Å². The van der Waals surface area contributed by atoms with Gasteiger partial charge in [0, 0.05) is 23.7 Å². The number of ether oxygens (including phenoxy) is 1. The molecule has 0 spiro atoms. The van der Waals surface area contributed by atoms with Gasteiger partial charge in [0.25, 0.3) is 5.91 Å². The molecule has 1 atom stereocenters. The zero-order valence-corrected chi connectivity index (χ0v) is 19.7. The second kappa shape index (κ2) is 10.4. The van der Waals surface area contributed by atoms with Gasteiger partial charge in [0.15, 0.2) is 11.3 Å². The quantitative estimate of drug-likeness (QED) is 0.435. The molecule has 3 aromatic rings. The van der Waals surface area contributed by atoms with Gasteiger partial charge in [-0.25, -0.2) is 4.98 Å². The van der Waals surface area contributed by atoms with Crippen molar-refractivity contribution in [2.45, 2.75) is 44.9 Å². The Hall–Kier alpha value is -3.13. The number of amides is 1. The van der Waals surface area contributed by atoms with Gasteiger partial charge in [0.05, 0.1) is 0 Å². The largest absolute Gasteiger partial charge is 0.447 e. The van der Waals surface area contributed by atoms with E-state index in [2.05, 4.69) is 21.4 Å². The number of hydrogen-bond acceptors (Lipinski definition) is 4. The van der Waals surface area contributed by atoms with Crippen molar-refractivity contribution >= 4 is 17.5 Å². The fourth-order valence-corrected chi connectivity index (χ4v) is 3.51. The van der Waals surface area contributed by atoms with Crippen molar-refractivity contribution in [3.8, 4) is 6.01 Å². The SMILES string of the molecule is Cc1cccc([C@@H](CNC(=O)C(C)(C)Oc2nccc(C(F)(F)F)n2)Cc2ccc(Cl)cc2)c1. The van der Waals surface area contributed by atoms with Crippen molar-refractivity contribution < 1.29 is 22.7 Å². The van der Waals surface area contributed by atoms with Crippen molar-refractivity contribution in [3.05, 3.63) is 88.2 Å². The molecule has 3 rings (SSSR count). The fraction of sp³-hybridized carbons (Fsp3) is 0.320. The molecule has 0 aliphatic rings. The molecule has 0 unspecified atom stereocenters. The van der Waals surface area contributed by atoms with Crippen LogP contribution in [-0.4, -0.2) is 28.0 Å². The van der Waals surface area contributed by atoms with E-state index in [-0.39, 0.29) is 5.92 Å². The number of nitrogens with one attached hydrogen (secondary N) is 1. The van der Waals surface area contributed by atoms with E-state index < -0.39 is 29.4 Å². The Morgan fingerprint density at radius 1 is 1.12 bits per heavy atom. The van der Waals surface area contributed by atoms with Gasteiger partial charge in [-0.05, 0) is 56.5 Å². The van der Waals surface area contributed by atoms with Crippen molar-refractivity contribution in [1.29, 1.82) is 0 Å². The Kier molecular flexibility index (Phi) is 7.82. The third-order valence-corrected chi connectivity index (χ3v) is 5.49. The van der Waals surface area contributed by atoms with Crippen LogP contribution in [0, 0.1) is 6.92 Å². The lowest BCUT2D eigenvalue weighted by Crippen LogP contribution is -2.48. The van der Waals surface area contributed by atoms with Crippen LogP contribution in [0.3, 0.4) is 0 Å². The molecule has 0 aliphatic carbocycles. The van der Waals surface area contributed by atoms with E-state index in [0.717, 1.165) is 29.0 Å². The molecule has 0 saturated heterocycles. The molecule has 34 heavy (non-hydrogen) atoms. The average molecular weight is 492 g/mol. The minimum Gasteiger partial charge on any atom is -0.447 e. The van der Waals surface area contributed by atoms with Crippen molar-refractivity contribution in [2.75, 3.05) is 6.54 Å². The first-order valence-corrected chi connectivity index (χ1v) is 11.0. The summed E-state index contributed by atoms with van der Waals surface area (Å²) in [5, 5.41) is 3.51. The highest BCUT2D eigenvalue weighted by molar-refractivity contribution is 6.30. The lowest BCUT2D eigenvalue weighted by atomic mass is 9.90. The summed E-state index contributed by atoms with van der Waals surface area (Å²) in [6.07, 6.45) is -3.05. The molecule has 0 radical (unpaired) electrons. The number of benzene rings is 2. The first kappa shape index (κ1) is 25.5. The Morgan fingerprint density at radius 2 is 1.82 bits per heavy atom. The predicted molar refractivity (Wildman–Crippen MR) is 124 cm³/mol. The van der Waals surface area contributed by atoms with Crippen LogP contribution in [0.1, 0.15) is 42.1 Å². The maximum atomic E-state index is 12.9. The molecule has 2 aromatic carbocycles. The molecule has 0 fully saturated rings. The molecule has 0 bridgehead atoms.